The third-order valence-corrected chi connectivity index (χ3v) is 18.6. The van der Waals surface area contributed by atoms with Crippen molar-refractivity contribution in [2.24, 2.45) is 41.1 Å². The number of esters is 1. The Labute approximate surface area is 569 Å². The van der Waals surface area contributed by atoms with Crippen molar-refractivity contribution in [1.29, 1.82) is 0 Å². The van der Waals surface area contributed by atoms with E-state index in [1.807, 2.05) is 78.9 Å². The van der Waals surface area contributed by atoms with Gasteiger partial charge in [0.1, 0.15) is 66.0 Å². The molecule has 29 heteroatoms. The summed E-state index contributed by atoms with van der Waals surface area (Å²) in [5.74, 6) is -15.4. The average molecular weight is 1370 g/mol. The predicted molar refractivity (Wildman–Crippen MR) is 358 cm³/mol. The number of halogens is 2. The van der Waals surface area contributed by atoms with Crippen molar-refractivity contribution in [2.45, 2.75) is 206 Å². The molecule has 0 radical (unpaired) electrons. The van der Waals surface area contributed by atoms with Crippen LogP contribution in [-0.4, -0.2) is 173 Å². The fraction of sp³-hybridized carbons (Fsp3) is 0.565. The number of nitrogens with two attached hydrogens (primary N) is 2. The van der Waals surface area contributed by atoms with Crippen molar-refractivity contribution in [2.75, 3.05) is 13.2 Å². The third-order valence-electron chi connectivity index (χ3n) is 18.6. The summed E-state index contributed by atoms with van der Waals surface area (Å²) in [6, 6.07) is 10.3. The average Bonchev–Trinajstić information content (AvgIpc) is 1.58. The highest BCUT2D eigenvalue weighted by molar-refractivity contribution is 6.01. The lowest BCUT2D eigenvalue weighted by molar-refractivity contribution is -0.157. The molecule has 98 heavy (non-hydrogen) atoms. The van der Waals surface area contributed by atoms with Crippen LogP contribution in [0, 0.1) is 29.6 Å². The second kappa shape index (κ2) is 37.1. The number of nitrogens with one attached hydrogen (secondary N) is 10. The topological polar surface area (TPSA) is 427 Å². The lowest BCUT2D eigenvalue weighted by atomic mass is 9.94. The Balaban J connectivity index is 1.26. The fourth-order valence-electron chi connectivity index (χ4n) is 11.2. The molecule has 5 rings (SSSR count). The van der Waals surface area contributed by atoms with E-state index in [4.69, 9.17) is 16.2 Å². The van der Waals surface area contributed by atoms with Gasteiger partial charge >= 0.3 is 5.97 Å². The molecular formula is C69H98F2N12O15. The number of hydrogen-bond acceptors (Lipinski definition) is 16. The fourth-order valence-corrected chi connectivity index (χ4v) is 11.2. The molecule has 11 amide bonds. The van der Waals surface area contributed by atoms with Crippen LogP contribution >= 0.6 is 0 Å². The van der Waals surface area contributed by atoms with E-state index in [0.29, 0.717) is 12.8 Å². The Kier molecular flexibility index (Phi) is 30.2. The number of amides is 11. The lowest BCUT2D eigenvalue weighted by Gasteiger charge is -2.31. The quantitative estimate of drug-likeness (QED) is 0.0381. The van der Waals surface area contributed by atoms with Gasteiger partial charge in [-0.1, -0.05) is 160 Å². The lowest BCUT2D eigenvalue weighted by Crippen LogP contribution is -2.63. The molecular weight excluding hydrogens is 1270 g/mol. The summed E-state index contributed by atoms with van der Waals surface area (Å²) in [4.78, 5) is 166. The van der Waals surface area contributed by atoms with Crippen LogP contribution in [0.5, 0.6) is 0 Å². The van der Waals surface area contributed by atoms with Gasteiger partial charge in [0.15, 0.2) is 0 Å². The van der Waals surface area contributed by atoms with Crippen molar-refractivity contribution in [3.05, 3.63) is 84.4 Å². The highest BCUT2D eigenvalue weighted by Gasteiger charge is 2.62. The van der Waals surface area contributed by atoms with E-state index in [0.717, 1.165) is 27.8 Å². The summed E-state index contributed by atoms with van der Waals surface area (Å²) in [6.45, 7) is 13.6. The monoisotopic (exact) mass is 1370 g/mol. The minimum atomic E-state index is -2.84. The second-order valence-electron chi connectivity index (χ2n) is 25.8. The van der Waals surface area contributed by atoms with Crippen LogP contribution in [0.4, 0.5) is 8.78 Å². The van der Waals surface area contributed by atoms with Gasteiger partial charge in [-0.25, -0.2) is 13.6 Å². The van der Waals surface area contributed by atoms with E-state index in [2.05, 4.69) is 53.2 Å². The first kappa shape index (κ1) is 79.7. The number of primary amides is 1. The van der Waals surface area contributed by atoms with E-state index >= 15 is 0 Å². The molecule has 2 aliphatic rings. The maximum Gasteiger partial charge on any atom is 0.329 e. The molecule has 1 saturated heterocycles. The largest absolute Gasteiger partial charge is 0.458 e. The van der Waals surface area contributed by atoms with Gasteiger partial charge in [0.05, 0.1) is 19.3 Å². The summed E-state index contributed by atoms with van der Waals surface area (Å²) >= 11 is 0. The number of cyclic esters (lactones) is 1. The van der Waals surface area contributed by atoms with Crippen molar-refractivity contribution in [3.63, 3.8) is 0 Å². The number of hydrogen-bond donors (Lipinski definition) is 14. The van der Waals surface area contributed by atoms with Gasteiger partial charge in [-0.05, 0) is 90.5 Å². The Bertz CT molecular complexity index is 3280. The second-order valence-corrected chi connectivity index (χ2v) is 25.8. The summed E-state index contributed by atoms with van der Waals surface area (Å²) in [6.07, 6.45) is -5.03. The summed E-state index contributed by atoms with van der Waals surface area (Å²) < 4.78 is 32.8. The number of aliphatic hydroxyl groups excluding tert-OH is 2. The molecule has 17 atom stereocenters. The number of carbonyl (C=O) groups excluding carboxylic acids is 12. The zero-order valence-electron chi connectivity index (χ0n) is 57.2. The van der Waals surface area contributed by atoms with E-state index in [1.165, 1.54) is 13.8 Å². The Morgan fingerprint density at radius 1 is 0.592 bits per heavy atom. The molecule has 0 bridgehead atoms. The van der Waals surface area contributed by atoms with Gasteiger partial charge in [-0.3, -0.25) is 52.7 Å². The van der Waals surface area contributed by atoms with Crippen LogP contribution in [-0.2, 0) is 68.7 Å². The number of aliphatic hydroxyl groups is 2. The van der Waals surface area contributed by atoms with Crippen LogP contribution in [0.15, 0.2) is 78.9 Å². The van der Waals surface area contributed by atoms with Gasteiger partial charge in [-0.2, -0.15) is 0 Å². The summed E-state index contributed by atoms with van der Waals surface area (Å²) in [5, 5.41) is 46.0. The van der Waals surface area contributed by atoms with Crippen LogP contribution in [0.2, 0.25) is 0 Å². The molecule has 1 spiro atoms. The maximum atomic E-state index is 14.5. The normalized spacial score (nSPS) is 22.1. The van der Waals surface area contributed by atoms with E-state index in [1.54, 1.807) is 55.4 Å². The Morgan fingerprint density at radius 2 is 1.04 bits per heavy atom. The van der Waals surface area contributed by atoms with Crippen LogP contribution in [0.3, 0.4) is 0 Å². The summed E-state index contributed by atoms with van der Waals surface area (Å²) in [7, 11) is 0. The maximum absolute atomic E-state index is 14.5. The van der Waals surface area contributed by atoms with Crippen molar-refractivity contribution in [3.8, 4) is 22.3 Å². The standard InChI is InChI=1S/C69H98F2N12O15/c1-11-35(5)53(78-59(88)47(72)30-41-20-22-43(23-21-41)45-26-24-44(25-27-45)42-18-16-15-17-19-42)63(92)76-49(33-84)61(90)75-48(28-29-52(73)86)60(89)79-55(37(7)13-3)65(94)80-54(36(6)12-2)64(93)77-50(34-85)62(91)81-57-40(10)98-67(96)56(38(8)14-4)82-68(97)69(32-46(69)31-51(70)71)83-58(87)39(9)74-66(57)95/h15-27,35-40,46-51,53-57,84-85H,11-14,28-34,72H2,1-10H3,(H2,73,86)(H,74,95)(H,75,90)(H,76,92)(H,77,93)(H,78,88)(H,79,89)(H,80,94)(H,81,91)(H,82,97)(H,83,87)/t35-,36-,37-,38-,39-,40-,46?,47+,48+,49-,50-,53-,54-,55+,56-,57+,69?/m0/s1. The smallest absolute Gasteiger partial charge is 0.329 e. The Hall–Kier alpha value is -8.96. The van der Waals surface area contributed by atoms with E-state index in [-0.39, 0.29) is 25.7 Å². The molecule has 0 aromatic heterocycles. The SMILES string of the molecule is CC[C@H](C)[C@H](NC(=O)[C@H](N)Cc1ccc(-c2ccc(-c3ccccc3)cc2)cc1)C(=O)N[C@@H](CO)C(=O)N[C@H](CCC(N)=O)C(=O)N[C@@H](C(=O)N[C@H](C(=O)N[C@@H](CO)C(=O)N[C@H]1C(=O)N[C@@H](C)C(=O)NC2(CC2CC(F)F)C(=O)N[C@@H]([C@@H](C)CC)C(=O)O[C@H]1C)[C@@H](C)CC)[C@@H](C)CC. The Morgan fingerprint density at radius 3 is 1.52 bits per heavy atom. The molecule has 27 nitrogen and oxygen atoms in total. The molecule has 3 aromatic carbocycles. The molecule has 538 valence electrons. The molecule has 1 saturated carbocycles. The van der Waals surface area contributed by atoms with Gasteiger partial charge in [0.2, 0.25) is 71.4 Å². The summed E-state index contributed by atoms with van der Waals surface area (Å²) in [5.41, 5.74) is 14.9. The minimum Gasteiger partial charge on any atom is -0.458 e. The van der Waals surface area contributed by atoms with Crippen molar-refractivity contribution >= 4 is 70.9 Å². The van der Waals surface area contributed by atoms with Crippen LogP contribution in [0.25, 0.3) is 22.3 Å². The van der Waals surface area contributed by atoms with Gasteiger partial charge in [0.25, 0.3) is 0 Å². The number of carbonyl (C=O) groups is 12. The number of benzene rings is 3. The first-order chi connectivity index (χ1) is 46.4. The van der Waals surface area contributed by atoms with E-state index < -0.39 is 212 Å². The molecule has 1 aliphatic carbocycles. The zero-order chi connectivity index (χ0) is 72.9. The zero-order valence-corrected chi connectivity index (χ0v) is 57.2. The van der Waals surface area contributed by atoms with Crippen LogP contribution < -0.4 is 64.6 Å². The predicted octanol–water partition coefficient (Wildman–Crippen LogP) is 1.18. The first-order valence-electron chi connectivity index (χ1n) is 33.4. The number of alkyl halides is 2. The van der Waals surface area contributed by atoms with Crippen molar-refractivity contribution < 1.29 is 81.3 Å². The molecule has 2 unspecified atom stereocenters. The first-order valence-corrected chi connectivity index (χ1v) is 33.4. The molecule has 16 N–H and O–H groups in total. The minimum absolute atomic E-state index is 0.105. The third kappa shape index (κ3) is 21.8. The van der Waals surface area contributed by atoms with Gasteiger partial charge in [0, 0.05) is 12.8 Å². The highest BCUT2D eigenvalue weighted by atomic mass is 19.3. The van der Waals surface area contributed by atoms with Crippen LogP contribution in [0.1, 0.15) is 126 Å². The molecule has 1 heterocycles. The number of rotatable bonds is 33. The van der Waals surface area contributed by atoms with Crippen molar-refractivity contribution in [1.82, 2.24) is 53.2 Å². The molecule has 3 aromatic rings. The highest BCUT2D eigenvalue weighted by Crippen LogP contribution is 2.48. The van der Waals surface area contributed by atoms with E-state index in [9.17, 15) is 76.5 Å². The van der Waals surface area contributed by atoms with Gasteiger partial charge in [-0.15, -0.1) is 0 Å². The van der Waals surface area contributed by atoms with Gasteiger partial charge < -0.3 is 79.6 Å². The number of ether oxygens (including phenoxy) is 1. The molecule has 2 fully saturated rings. The molecule has 1 aliphatic heterocycles.